The van der Waals surface area contributed by atoms with Gasteiger partial charge < -0.3 is 15.0 Å². The molecule has 0 aliphatic rings. The van der Waals surface area contributed by atoms with Crippen LogP contribution in [0.5, 0.6) is 0 Å². The van der Waals surface area contributed by atoms with Gasteiger partial charge in [-0.3, -0.25) is 0 Å². The van der Waals surface area contributed by atoms with Crippen molar-refractivity contribution in [2.75, 3.05) is 37.5 Å². The molecule has 0 saturated carbocycles. The van der Waals surface area contributed by atoms with E-state index in [1.807, 2.05) is 7.05 Å². The summed E-state index contributed by atoms with van der Waals surface area (Å²) in [6.07, 6.45) is 3.74. The van der Waals surface area contributed by atoms with Gasteiger partial charge in [0.25, 0.3) is 0 Å². The van der Waals surface area contributed by atoms with Crippen LogP contribution in [0.1, 0.15) is 26.7 Å². The number of ether oxygens (including phenoxy) is 1. The molecular formula is C13H23BrN4O. The van der Waals surface area contributed by atoms with Crippen LogP contribution in [0, 0.1) is 0 Å². The van der Waals surface area contributed by atoms with E-state index >= 15 is 0 Å². The quantitative estimate of drug-likeness (QED) is 0.794. The third-order valence-corrected chi connectivity index (χ3v) is 3.93. The first-order valence-electron chi connectivity index (χ1n) is 6.63. The Morgan fingerprint density at radius 2 is 2.05 bits per heavy atom. The Bertz CT molecular complexity index is 385. The van der Waals surface area contributed by atoms with E-state index in [4.69, 9.17) is 4.74 Å². The van der Waals surface area contributed by atoms with Gasteiger partial charge in [0.05, 0.1) is 6.61 Å². The molecule has 0 aliphatic heterocycles. The zero-order chi connectivity index (χ0) is 14.3. The van der Waals surface area contributed by atoms with E-state index in [1.165, 1.54) is 0 Å². The lowest BCUT2D eigenvalue weighted by molar-refractivity contribution is 0.202. The van der Waals surface area contributed by atoms with Crippen LogP contribution in [-0.2, 0) is 4.74 Å². The van der Waals surface area contributed by atoms with Gasteiger partial charge in [-0.25, -0.2) is 9.97 Å². The number of hydrogen-bond donors (Lipinski definition) is 1. The Kier molecular flexibility index (Phi) is 7.09. The number of rotatable bonds is 8. The van der Waals surface area contributed by atoms with E-state index in [2.05, 4.69) is 50.0 Å². The zero-order valence-corrected chi connectivity index (χ0v) is 13.7. The smallest absolute Gasteiger partial charge is 0.148 e. The molecule has 1 heterocycles. The number of hydrogen-bond acceptors (Lipinski definition) is 5. The molecular weight excluding hydrogens is 308 g/mol. The van der Waals surface area contributed by atoms with Crippen molar-refractivity contribution in [2.45, 2.75) is 32.7 Å². The van der Waals surface area contributed by atoms with E-state index in [1.54, 1.807) is 13.4 Å². The molecule has 19 heavy (non-hydrogen) atoms. The summed E-state index contributed by atoms with van der Waals surface area (Å²) in [5.74, 6) is 1.73. The molecule has 1 N–H and O–H groups in total. The molecule has 0 spiro atoms. The normalized spacial score (nSPS) is 10.8. The summed E-state index contributed by atoms with van der Waals surface area (Å²) in [5.41, 5.74) is 0. The minimum absolute atomic E-state index is 0.450. The number of nitrogens with zero attached hydrogens (tertiary/aromatic N) is 3. The largest absolute Gasteiger partial charge is 0.383 e. The maximum absolute atomic E-state index is 5.21. The van der Waals surface area contributed by atoms with Gasteiger partial charge in [-0.1, -0.05) is 13.8 Å². The van der Waals surface area contributed by atoms with E-state index < -0.39 is 0 Å². The molecule has 0 amide bonds. The van der Waals surface area contributed by atoms with Crippen molar-refractivity contribution in [1.29, 1.82) is 0 Å². The van der Waals surface area contributed by atoms with Crippen LogP contribution in [0.15, 0.2) is 10.8 Å². The van der Waals surface area contributed by atoms with E-state index in [0.29, 0.717) is 12.6 Å². The van der Waals surface area contributed by atoms with E-state index in [0.717, 1.165) is 35.5 Å². The van der Waals surface area contributed by atoms with Gasteiger partial charge >= 0.3 is 0 Å². The molecule has 0 saturated heterocycles. The van der Waals surface area contributed by atoms with Crippen LogP contribution in [0.2, 0.25) is 0 Å². The lowest BCUT2D eigenvalue weighted by atomic mass is 10.1. The second kappa shape index (κ2) is 8.32. The monoisotopic (exact) mass is 330 g/mol. The topological polar surface area (TPSA) is 50.3 Å². The summed E-state index contributed by atoms with van der Waals surface area (Å²) in [4.78, 5) is 10.9. The van der Waals surface area contributed by atoms with Crippen LogP contribution in [0.4, 0.5) is 11.6 Å². The lowest BCUT2D eigenvalue weighted by Crippen LogP contribution is -2.38. The Morgan fingerprint density at radius 1 is 1.37 bits per heavy atom. The first-order chi connectivity index (χ1) is 9.19. The van der Waals surface area contributed by atoms with Gasteiger partial charge in [-0.15, -0.1) is 0 Å². The van der Waals surface area contributed by atoms with Gasteiger partial charge in [0.2, 0.25) is 0 Å². The fourth-order valence-electron chi connectivity index (χ4n) is 2.12. The zero-order valence-electron chi connectivity index (χ0n) is 12.1. The van der Waals surface area contributed by atoms with Gasteiger partial charge in [0.15, 0.2) is 0 Å². The predicted molar refractivity (Wildman–Crippen MR) is 82.9 cm³/mol. The summed E-state index contributed by atoms with van der Waals surface area (Å²) < 4.78 is 6.12. The maximum Gasteiger partial charge on any atom is 0.148 e. The van der Waals surface area contributed by atoms with Crippen molar-refractivity contribution >= 4 is 27.6 Å². The molecule has 0 atom stereocenters. The van der Waals surface area contributed by atoms with Crippen molar-refractivity contribution in [3.8, 4) is 0 Å². The van der Waals surface area contributed by atoms with Crippen molar-refractivity contribution in [2.24, 2.45) is 0 Å². The van der Waals surface area contributed by atoms with Crippen molar-refractivity contribution in [1.82, 2.24) is 9.97 Å². The van der Waals surface area contributed by atoms with Gasteiger partial charge in [0.1, 0.15) is 22.4 Å². The van der Waals surface area contributed by atoms with Crippen molar-refractivity contribution in [3.05, 3.63) is 10.8 Å². The molecule has 6 heteroatoms. The fraction of sp³-hybridized carbons (Fsp3) is 0.692. The molecule has 1 aromatic heterocycles. The standard InChI is InChI=1S/C13H23BrN4O/c1-5-10(6-2)18(7-8-19-4)13-11(14)12(15-3)16-9-17-13/h9-10H,5-8H2,1-4H3,(H,15,16,17). The number of methoxy groups -OCH3 is 1. The first-order valence-corrected chi connectivity index (χ1v) is 7.42. The maximum atomic E-state index is 5.21. The summed E-state index contributed by atoms with van der Waals surface area (Å²) in [6, 6.07) is 0.450. The molecule has 5 nitrogen and oxygen atoms in total. The highest BCUT2D eigenvalue weighted by Gasteiger charge is 2.20. The number of aromatic nitrogens is 2. The average molecular weight is 331 g/mol. The molecule has 0 bridgehead atoms. The van der Waals surface area contributed by atoms with Gasteiger partial charge in [-0.2, -0.15) is 0 Å². The van der Waals surface area contributed by atoms with Crippen LogP contribution in [-0.4, -0.2) is 43.3 Å². The molecule has 1 aromatic rings. The lowest BCUT2D eigenvalue weighted by Gasteiger charge is -2.32. The highest BCUT2D eigenvalue weighted by atomic mass is 79.9. The van der Waals surface area contributed by atoms with Crippen LogP contribution >= 0.6 is 15.9 Å². The van der Waals surface area contributed by atoms with Gasteiger partial charge in [-0.05, 0) is 28.8 Å². The fourth-order valence-corrected chi connectivity index (χ4v) is 2.75. The molecule has 0 fully saturated rings. The minimum atomic E-state index is 0.450. The minimum Gasteiger partial charge on any atom is -0.383 e. The summed E-state index contributed by atoms with van der Waals surface area (Å²) in [5, 5.41) is 3.07. The van der Waals surface area contributed by atoms with Crippen LogP contribution < -0.4 is 10.2 Å². The molecule has 0 unspecified atom stereocenters. The molecule has 1 rings (SSSR count). The molecule has 108 valence electrons. The Balaban J connectivity index is 3.08. The summed E-state index contributed by atoms with van der Waals surface area (Å²) >= 11 is 3.59. The SMILES string of the molecule is CCC(CC)N(CCOC)c1ncnc(NC)c1Br. The Labute approximate surface area is 123 Å². The number of nitrogens with one attached hydrogen (secondary N) is 1. The Hall–Kier alpha value is -0.880. The van der Waals surface area contributed by atoms with Crippen LogP contribution in [0.3, 0.4) is 0 Å². The Morgan fingerprint density at radius 3 is 2.58 bits per heavy atom. The molecule has 0 aliphatic carbocycles. The van der Waals surface area contributed by atoms with Gasteiger partial charge in [0, 0.05) is 26.7 Å². The van der Waals surface area contributed by atoms with Crippen molar-refractivity contribution in [3.63, 3.8) is 0 Å². The summed E-state index contributed by atoms with van der Waals surface area (Å²) in [7, 11) is 3.58. The molecule has 0 radical (unpaired) electrons. The van der Waals surface area contributed by atoms with E-state index in [9.17, 15) is 0 Å². The highest BCUT2D eigenvalue weighted by Crippen LogP contribution is 2.31. The van der Waals surface area contributed by atoms with Crippen LogP contribution in [0.25, 0.3) is 0 Å². The van der Waals surface area contributed by atoms with Crippen molar-refractivity contribution < 1.29 is 4.74 Å². The predicted octanol–water partition coefficient (Wildman–Crippen LogP) is 2.92. The highest BCUT2D eigenvalue weighted by molar-refractivity contribution is 9.10. The second-order valence-corrected chi connectivity index (χ2v) is 5.06. The number of halogens is 1. The average Bonchev–Trinajstić information content (AvgIpc) is 2.44. The van der Waals surface area contributed by atoms with E-state index in [-0.39, 0.29) is 0 Å². The third-order valence-electron chi connectivity index (χ3n) is 3.20. The second-order valence-electron chi connectivity index (χ2n) is 4.27. The first kappa shape index (κ1) is 16.2. The third kappa shape index (κ3) is 4.04. The molecule has 0 aromatic carbocycles. The summed E-state index contributed by atoms with van der Waals surface area (Å²) in [6.45, 7) is 5.90. The number of anilines is 2.